The molecule has 0 bridgehead atoms. The number of nitrogens with two attached hydrogens (primary N) is 1. The molecule has 1 unspecified atom stereocenters. The second-order valence-corrected chi connectivity index (χ2v) is 6.22. The zero-order chi connectivity index (χ0) is 15.6. The molecule has 0 spiro atoms. The molecule has 1 aromatic heterocycles. The normalized spacial score (nSPS) is 12.5. The van der Waals surface area contributed by atoms with E-state index in [0.29, 0.717) is 0 Å². The fourth-order valence-corrected chi connectivity index (χ4v) is 2.72. The van der Waals surface area contributed by atoms with E-state index >= 15 is 0 Å². The van der Waals surface area contributed by atoms with Gasteiger partial charge in [-0.25, -0.2) is 0 Å². The first-order valence-corrected chi connectivity index (χ1v) is 7.93. The lowest BCUT2D eigenvalue weighted by molar-refractivity contribution is 0.471. The van der Waals surface area contributed by atoms with Crippen LogP contribution >= 0.6 is 15.9 Å². The van der Waals surface area contributed by atoms with Crippen molar-refractivity contribution in [2.75, 3.05) is 0 Å². The van der Waals surface area contributed by atoms with E-state index in [1.807, 2.05) is 31.6 Å². The highest BCUT2D eigenvalue weighted by Crippen LogP contribution is 2.33. The molecule has 1 heterocycles. The summed E-state index contributed by atoms with van der Waals surface area (Å²) in [7, 11) is 1.92. The van der Waals surface area contributed by atoms with Gasteiger partial charge in [0, 0.05) is 13.1 Å². The number of rotatable bonds is 5. The summed E-state index contributed by atoms with van der Waals surface area (Å²) in [5, 5.41) is 4.36. The van der Waals surface area contributed by atoms with Gasteiger partial charge in [-0.05, 0) is 60.3 Å². The summed E-state index contributed by atoms with van der Waals surface area (Å²) >= 11 is 3.58. The lowest BCUT2D eigenvalue weighted by Crippen LogP contribution is -2.21. The predicted molar refractivity (Wildman–Crippen MR) is 88.9 cm³/mol. The Labute approximate surface area is 134 Å². The van der Waals surface area contributed by atoms with Crippen molar-refractivity contribution in [1.29, 1.82) is 0 Å². The van der Waals surface area contributed by atoms with Crippen molar-refractivity contribution in [3.8, 4) is 11.5 Å². The zero-order valence-electron chi connectivity index (χ0n) is 13.0. The maximum atomic E-state index is 6.02. The van der Waals surface area contributed by atoms with Gasteiger partial charge >= 0.3 is 0 Å². The second kappa shape index (κ2) is 6.62. The van der Waals surface area contributed by atoms with Gasteiger partial charge in [-0.15, -0.1) is 0 Å². The standard InChI is InChI=1S/C16H22BrN3O/c1-5-13(18)8-12-6-7-15(14(17)9-12)21-16-10(2)19-20(4)11(16)3/h6-7,9,13H,5,8,18H2,1-4H3. The third-order valence-corrected chi connectivity index (χ3v) is 4.29. The van der Waals surface area contributed by atoms with Crippen LogP contribution in [0.4, 0.5) is 0 Å². The summed E-state index contributed by atoms with van der Waals surface area (Å²) in [6, 6.07) is 6.32. The highest BCUT2D eigenvalue weighted by atomic mass is 79.9. The van der Waals surface area contributed by atoms with Crippen molar-refractivity contribution in [2.45, 2.75) is 39.7 Å². The van der Waals surface area contributed by atoms with Crippen LogP contribution < -0.4 is 10.5 Å². The fraction of sp³-hybridized carbons (Fsp3) is 0.438. The third kappa shape index (κ3) is 3.66. The minimum Gasteiger partial charge on any atom is -0.452 e. The molecule has 0 aliphatic rings. The summed E-state index contributed by atoms with van der Waals surface area (Å²) < 4.78 is 8.78. The molecule has 21 heavy (non-hydrogen) atoms. The molecule has 0 fully saturated rings. The van der Waals surface area contributed by atoms with Crippen LogP contribution in [0.5, 0.6) is 11.5 Å². The Morgan fingerprint density at radius 2 is 2.10 bits per heavy atom. The van der Waals surface area contributed by atoms with Crippen LogP contribution in [0.25, 0.3) is 0 Å². The summed E-state index contributed by atoms with van der Waals surface area (Å²) in [5.41, 5.74) is 9.11. The first-order valence-electron chi connectivity index (χ1n) is 7.14. The van der Waals surface area contributed by atoms with Crippen LogP contribution in [0.1, 0.15) is 30.3 Å². The van der Waals surface area contributed by atoms with Crippen molar-refractivity contribution in [2.24, 2.45) is 12.8 Å². The minimum atomic E-state index is 0.200. The molecule has 1 aromatic carbocycles. The summed E-state index contributed by atoms with van der Waals surface area (Å²) in [4.78, 5) is 0. The van der Waals surface area contributed by atoms with Crippen molar-refractivity contribution in [1.82, 2.24) is 9.78 Å². The monoisotopic (exact) mass is 351 g/mol. The predicted octanol–water partition coefficient (Wildman–Crippen LogP) is 3.87. The molecular weight excluding hydrogens is 330 g/mol. The molecule has 114 valence electrons. The van der Waals surface area contributed by atoms with Crippen LogP contribution in [0.2, 0.25) is 0 Å². The molecular formula is C16H22BrN3O. The van der Waals surface area contributed by atoms with Crippen molar-refractivity contribution in [3.63, 3.8) is 0 Å². The Balaban J connectivity index is 2.21. The number of benzene rings is 1. The maximum Gasteiger partial charge on any atom is 0.171 e. The van der Waals surface area contributed by atoms with E-state index in [0.717, 1.165) is 40.2 Å². The van der Waals surface area contributed by atoms with E-state index in [4.69, 9.17) is 10.5 Å². The van der Waals surface area contributed by atoms with Gasteiger partial charge in [0.2, 0.25) is 0 Å². The molecule has 2 N–H and O–H groups in total. The van der Waals surface area contributed by atoms with Gasteiger partial charge in [0.25, 0.3) is 0 Å². The Hall–Kier alpha value is -1.33. The quantitative estimate of drug-likeness (QED) is 0.889. The number of hydrogen-bond acceptors (Lipinski definition) is 3. The van der Waals surface area contributed by atoms with Crippen LogP contribution in [0, 0.1) is 13.8 Å². The minimum absolute atomic E-state index is 0.200. The van der Waals surface area contributed by atoms with Crippen molar-refractivity contribution in [3.05, 3.63) is 39.6 Å². The van der Waals surface area contributed by atoms with E-state index in [9.17, 15) is 0 Å². The van der Waals surface area contributed by atoms with Crippen LogP contribution in [-0.2, 0) is 13.5 Å². The molecule has 5 heteroatoms. The molecule has 2 aromatic rings. The molecule has 0 amide bonds. The molecule has 4 nitrogen and oxygen atoms in total. The van der Waals surface area contributed by atoms with Crippen molar-refractivity contribution >= 4 is 15.9 Å². The molecule has 1 atom stereocenters. The average Bonchev–Trinajstić information content (AvgIpc) is 2.67. The number of nitrogens with zero attached hydrogens (tertiary/aromatic N) is 2. The lowest BCUT2D eigenvalue weighted by Gasteiger charge is -2.12. The molecule has 0 saturated heterocycles. The van der Waals surface area contributed by atoms with Crippen molar-refractivity contribution < 1.29 is 4.74 Å². The Bertz CT molecular complexity index is 637. The van der Waals surface area contributed by atoms with Crippen LogP contribution in [0.15, 0.2) is 22.7 Å². The lowest BCUT2D eigenvalue weighted by atomic mass is 10.0. The zero-order valence-corrected chi connectivity index (χ0v) is 14.6. The second-order valence-electron chi connectivity index (χ2n) is 5.36. The highest BCUT2D eigenvalue weighted by molar-refractivity contribution is 9.10. The topological polar surface area (TPSA) is 53.1 Å². The number of aryl methyl sites for hydroxylation is 2. The van der Waals surface area contributed by atoms with E-state index in [-0.39, 0.29) is 6.04 Å². The smallest absolute Gasteiger partial charge is 0.171 e. The van der Waals surface area contributed by atoms with Gasteiger partial charge in [0.15, 0.2) is 5.75 Å². The van der Waals surface area contributed by atoms with Gasteiger partial charge in [0.1, 0.15) is 11.4 Å². The number of aromatic nitrogens is 2. The van der Waals surface area contributed by atoms with Gasteiger partial charge in [-0.3, -0.25) is 4.68 Å². The van der Waals surface area contributed by atoms with Gasteiger partial charge in [-0.2, -0.15) is 5.10 Å². The first kappa shape index (κ1) is 16.0. The Kier molecular flexibility index (Phi) is 5.06. The van der Waals surface area contributed by atoms with E-state index < -0.39 is 0 Å². The molecule has 0 aliphatic heterocycles. The number of halogens is 1. The molecule has 2 rings (SSSR count). The number of hydrogen-bond donors (Lipinski definition) is 1. The average molecular weight is 352 g/mol. The third-order valence-electron chi connectivity index (χ3n) is 3.67. The highest BCUT2D eigenvalue weighted by Gasteiger charge is 2.13. The summed E-state index contributed by atoms with van der Waals surface area (Å²) in [6.07, 6.45) is 1.85. The maximum absolute atomic E-state index is 6.02. The molecule has 0 radical (unpaired) electrons. The summed E-state index contributed by atoms with van der Waals surface area (Å²) in [6.45, 7) is 6.05. The largest absolute Gasteiger partial charge is 0.452 e. The Morgan fingerprint density at radius 1 is 1.38 bits per heavy atom. The van der Waals surface area contributed by atoms with E-state index in [1.54, 1.807) is 0 Å². The number of ether oxygens (including phenoxy) is 1. The van der Waals surface area contributed by atoms with E-state index in [2.05, 4.69) is 40.1 Å². The van der Waals surface area contributed by atoms with E-state index in [1.165, 1.54) is 5.56 Å². The van der Waals surface area contributed by atoms with Crippen LogP contribution in [0.3, 0.4) is 0 Å². The van der Waals surface area contributed by atoms with Gasteiger partial charge < -0.3 is 10.5 Å². The SMILES string of the molecule is CCC(N)Cc1ccc(Oc2c(C)nn(C)c2C)c(Br)c1. The summed E-state index contributed by atoms with van der Waals surface area (Å²) in [5.74, 6) is 1.61. The van der Waals surface area contributed by atoms with Gasteiger partial charge in [-0.1, -0.05) is 13.0 Å². The van der Waals surface area contributed by atoms with Crippen LogP contribution in [-0.4, -0.2) is 15.8 Å². The fourth-order valence-electron chi connectivity index (χ4n) is 2.21. The Morgan fingerprint density at radius 3 is 2.62 bits per heavy atom. The first-order chi connectivity index (χ1) is 9.92. The molecule has 0 saturated carbocycles. The van der Waals surface area contributed by atoms with Gasteiger partial charge in [0.05, 0.1) is 10.2 Å². The molecule has 0 aliphatic carbocycles.